The summed E-state index contributed by atoms with van der Waals surface area (Å²) < 4.78 is 29.7. The predicted octanol–water partition coefficient (Wildman–Crippen LogP) is 6.06. The van der Waals surface area contributed by atoms with E-state index in [9.17, 15) is 18.3 Å². The minimum Gasteiger partial charge on any atom is -0.480 e. The Labute approximate surface area is 197 Å². The Bertz CT molecular complexity index is 1460. The maximum absolute atomic E-state index is 14.1. The molecule has 5 nitrogen and oxygen atoms in total. The number of carboxylic acid groups (broad SMARTS) is 1. The van der Waals surface area contributed by atoms with Crippen LogP contribution in [0, 0.1) is 6.92 Å². The van der Waals surface area contributed by atoms with Gasteiger partial charge in [-0.25, -0.2) is 8.42 Å². The van der Waals surface area contributed by atoms with Gasteiger partial charge in [-0.05, 0) is 41.8 Å². The fourth-order valence-electron chi connectivity index (χ4n) is 4.25. The number of carboxylic acids is 1. The Morgan fingerprint density at radius 3 is 2.33 bits per heavy atom. The molecule has 0 radical (unpaired) electrons. The van der Waals surface area contributed by atoms with Gasteiger partial charge in [0.2, 0.25) is 0 Å². The van der Waals surface area contributed by atoms with Gasteiger partial charge in [0.1, 0.15) is 11.8 Å². The molecule has 7 heteroatoms. The van der Waals surface area contributed by atoms with E-state index in [0.29, 0.717) is 27.2 Å². The van der Waals surface area contributed by atoms with Gasteiger partial charge >= 0.3 is 5.97 Å². The molecule has 0 saturated carbocycles. The first-order chi connectivity index (χ1) is 15.8. The molecule has 1 heterocycles. The van der Waals surface area contributed by atoms with Crippen LogP contribution >= 0.6 is 11.6 Å². The molecule has 4 aromatic rings. The maximum Gasteiger partial charge on any atom is 0.323 e. The summed E-state index contributed by atoms with van der Waals surface area (Å²) in [5.41, 5.74) is 3.02. The standard InChI is InChI=1S/C26H22ClNO4S/c1-3-23(19-12-14-20(27)15-13-19)33(31,32)26-17(2)28(16-24(29)30)22-11-7-10-21(25(22)26)18-8-5-4-6-9-18/h3-15,23H,1,16H2,2H3,(H,29,30). The number of aromatic nitrogens is 1. The first kappa shape index (κ1) is 22.8. The number of rotatable bonds is 7. The van der Waals surface area contributed by atoms with Crippen molar-refractivity contribution in [2.45, 2.75) is 23.6 Å². The number of fused-ring (bicyclic) bond motifs is 1. The van der Waals surface area contributed by atoms with Crippen LogP contribution in [0.4, 0.5) is 0 Å². The van der Waals surface area contributed by atoms with Gasteiger partial charge < -0.3 is 9.67 Å². The van der Waals surface area contributed by atoms with Crippen LogP contribution in [0.5, 0.6) is 0 Å². The van der Waals surface area contributed by atoms with E-state index in [4.69, 9.17) is 11.6 Å². The number of benzene rings is 3. The van der Waals surface area contributed by atoms with Gasteiger partial charge in [-0.3, -0.25) is 4.79 Å². The molecule has 33 heavy (non-hydrogen) atoms. The zero-order valence-corrected chi connectivity index (χ0v) is 19.5. The van der Waals surface area contributed by atoms with E-state index in [1.807, 2.05) is 42.5 Å². The van der Waals surface area contributed by atoms with Crippen LogP contribution in [0.2, 0.25) is 5.02 Å². The average molecular weight is 480 g/mol. The van der Waals surface area contributed by atoms with Crippen LogP contribution < -0.4 is 0 Å². The van der Waals surface area contributed by atoms with Gasteiger partial charge in [-0.15, -0.1) is 6.58 Å². The Morgan fingerprint density at radius 1 is 1.06 bits per heavy atom. The lowest BCUT2D eigenvalue weighted by atomic mass is 10.0. The Kier molecular flexibility index (Phi) is 6.15. The molecule has 1 N–H and O–H groups in total. The van der Waals surface area contributed by atoms with Gasteiger partial charge in [0.25, 0.3) is 0 Å². The lowest BCUT2D eigenvalue weighted by Gasteiger charge is -2.16. The minimum absolute atomic E-state index is 0.109. The third-order valence-corrected chi connectivity index (χ3v) is 8.16. The second-order valence-corrected chi connectivity index (χ2v) is 10.2. The van der Waals surface area contributed by atoms with Crippen molar-refractivity contribution in [3.63, 3.8) is 0 Å². The molecule has 0 amide bonds. The molecule has 1 aromatic heterocycles. The summed E-state index contributed by atoms with van der Waals surface area (Å²) in [4.78, 5) is 11.7. The number of sulfone groups is 1. The van der Waals surface area contributed by atoms with Crippen molar-refractivity contribution in [1.29, 1.82) is 0 Å². The van der Waals surface area contributed by atoms with Crippen molar-refractivity contribution in [1.82, 2.24) is 4.57 Å². The van der Waals surface area contributed by atoms with E-state index in [1.165, 1.54) is 6.08 Å². The van der Waals surface area contributed by atoms with E-state index in [0.717, 1.165) is 11.1 Å². The molecule has 3 aromatic carbocycles. The summed E-state index contributed by atoms with van der Waals surface area (Å²) in [6.45, 7) is 5.08. The van der Waals surface area contributed by atoms with Crippen molar-refractivity contribution in [3.05, 3.63) is 102 Å². The largest absolute Gasteiger partial charge is 0.480 e. The summed E-state index contributed by atoms with van der Waals surface area (Å²) in [7, 11) is -3.99. The third kappa shape index (κ3) is 4.08. The van der Waals surface area contributed by atoms with E-state index in [-0.39, 0.29) is 11.4 Å². The van der Waals surface area contributed by atoms with Gasteiger partial charge in [-0.1, -0.05) is 72.3 Å². The summed E-state index contributed by atoms with van der Waals surface area (Å²) >= 11 is 6.00. The monoisotopic (exact) mass is 479 g/mol. The molecule has 0 aliphatic rings. The van der Waals surface area contributed by atoms with E-state index < -0.39 is 21.1 Å². The second kappa shape index (κ2) is 8.89. The smallest absolute Gasteiger partial charge is 0.323 e. The summed E-state index contributed by atoms with van der Waals surface area (Å²) in [6.07, 6.45) is 1.39. The topological polar surface area (TPSA) is 76.4 Å². The Balaban J connectivity index is 2.07. The second-order valence-electron chi connectivity index (χ2n) is 7.71. The third-order valence-electron chi connectivity index (χ3n) is 5.70. The van der Waals surface area contributed by atoms with E-state index in [2.05, 4.69) is 6.58 Å². The number of carbonyl (C=O) groups is 1. The zero-order chi connectivity index (χ0) is 23.8. The van der Waals surface area contributed by atoms with Crippen molar-refractivity contribution < 1.29 is 18.3 Å². The predicted molar refractivity (Wildman–Crippen MR) is 131 cm³/mol. The van der Waals surface area contributed by atoms with Crippen molar-refractivity contribution in [2.24, 2.45) is 0 Å². The van der Waals surface area contributed by atoms with Crippen molar-refractivity contribution in [3.8, 4) is 11.1 Å². The number of aliphatic carboxylic acids is 1. The van der Waals surface area contributed by atoms with Crippen molar-refractivity contribution in [2.75, 3.05) is 0 Å². The molecular formula is C26H22ClNO4S. The van der Waals surface area contributed by atoms with Crippen LogP contribution in [0.3, 0.4) is 0 Å². The summed E-state index contributed by atoms with van der Waals surface area (Å²) in [5, 5.41) is 9.49. The summed E-state index contributed by atoms with van der Waals surface area (Å²) in [5.74, 6) is -1.05. The summed E-state index contributed by atoms with van der Waals surface area (Å²) in [6, 6.07) is 21.5. The highest BCUT2D eigenvalue weighted by Crippen LogP contribution is 2.42. The molecule has 0 bridgehead atoms. The number of nitrogens with zero attached hydrogens (tertiary/aromatic N) is 1. The fourth-order valence-corrected chi connectivity index (χ4v) is 6.42. The molecule has 0 aliphatic heterocycles. The number of halogens is 1. The molecule has 168 valence electrons. The highest BCUT2D eigenvalue weighted by Gasteiger charge is 2.34. The maximum atomic E-state index is 14.1. The SMILES string of the molecule is C=CC(c1ccc(Cl)cc1)S(=O)(=O)c1c(C)n(CC(=O)O)c2cccc(-c3ccccc3)c12. The molecule has 1 atom stereocenters. The van der Waals surface area contributed by atoms with Gasteiger partial charge in [-0.2, -0.15) is 0 Å². The highest BCUT2D eigenvalue weighted by molar-refractivity contribution is 7.92. The van der Waals surface area contributed by atoms with Crippen LogP contribution in [0.15, 0.2) is 90.3 Å². The molecule has 1 unspecified atom stereocenters. The molecule has 4 rings (SSSR count). The highest BCUT2D eigenvalue weighted by atomic mass is 35.5. The average Bonchev–Trinajstić information content (AvgIpc) is 3.07. The van der Waals surface area contributed by atoms with Gasteiger partial charge in [0.05, 0.1) is 10.4 Å². The minimum atomic E-state index is -3.99. The van der Waals surface area contributed by atoms with Crippen LogP contribution in [0.25, 0.3) is 22.0 Å². The number of hydrogen-bond donors (Lipinski definition) is 1. The molecule has 0 aliphatic carbocycles. The lowest BCUT2D eigenvalue weighted by molar-refractivity contribution is -0.137. The van der Waals surface area contributed by atoms with Crippen LogP contribution in [0.1, 0.15) is 16.5 Å². The lowest BCUT2D eigenvalue weighted by Crippen LogP contribution is -2.14. The molecular weight excluding hydrogens is 458 g/mol. The number of hydrogen-bond acceptors (Lipinski definition) is 3. The molecule has 0 saturated heterocycles. The first-order valence-electron chi connectivity index (χ1n) is 10.3. The zero-order valence-electron chi connectivity index (χ0n) is 17.9. The quantitative estimate of drug-likeness (QED) is 0.327. The van der Waals surface area contributed by atoms with Crippen LogP contribution in [-0.4, -0.2) is 24.1 Å². The van der Waals surface area contributed by atoms with E-state index >= 15 is 0 Å². The molecule has 0 fully saturated rings. The fraction of sp³-hybridized carbons (Fsp3) is 0.115. The van der Waals surface area contributed by atoms with Gasteiger partial charge in [0.15, 0.2) is 9.84 Å². The van der Waals surface area contributed by atoms with Crippen LogP contribution in [-0.2, 0) is 21.2 Å². The van der Waals surface area contributed by atoms with E-state index in [1.54, 1.807) is 41.8 Å². The van der Waals surface area contributed by atoms with Crippen molar-refractivity contribution >= 4 is 38.3 Å². The Morgan fingerprint density at radius 2 is 1.73 bits per heavy atom. The molecule has 0 spiro atoms. The Hall–Kier alpha value is -3.35. The normalized spacial score (nSPS) is 12.5. The van der Waals surface area contributed by atoms with Gasteiger partial charge in [0, 0.05) is 16.1 Å². The first-order valence-corrected chi connectivity index (χ1v) is 12.2.